The number of benzene rings is 2. The van der Waals surface area contributed by atoms with Gasteiger partial charge in [0.1, 0.15) is 5.75 Å². The third kappa shape index (κ3) is 3.09. The van der Waals surface area contributed by atoms with Crippen LogP contribution in [0.5, 0.6) is 5.75 Å². The maximum Gasteiger partial charge on any atom is 0.163 e. The van der Waals surface area contributed by atoms with E-state index < -0.39 is 17.7 Å². The van der Waals surface area contributed by atoms with Crippen molar-refractivity contribution in [2.45, 2.75) is 13.0 Å². The molecule has 0 aliphatic heterocycles. The summed E-state index contributed by atoms with van der Waals surface area (Å²) >= 11 is 3.46. The number of methoxy groups -OCH3 is 1. The normalized spacial score (nSPS) is 12.3. The molecule has 5 heteroatoms. The fourth-order valence-electron chi connectivity index (χ4n) is 2.29. The molecule has 0 spiro atoms. The summed E-state index contributed by atoms with van der Waals surface area (Å²) in [6.45, 7) is 1.94. The molecule has 1 atom stereocenters. The first-order valence-electron chi connectivity index (χ1n) is 6.44. The van der Waals surface area contributed by atoms with E-state index >= 15 is 0 Å². The third-order valence-corrected chi connectivity index (χ3v) is 4.26. The molecule has 0 amide bonds. The Hall–Kier alpha value is -1.46. The lowest BCUT2D eigenvalue weighted by Gasteiger charge is -2.21. The molecule has 0 aromatic heterocycles. The highest BCUT2D eigenvalue weighted by Gasteiger charge is 2.22. The molecule has 0 bridgehead atoms. The molecule has 0 saturated heterocycles. The van der Waals surface area contributed by atoms with E-state index in [1.54, 1.807) is 20.2 Å². The van der Waals surface area contributed by atoms with Crippen LogP contribution in [0.4, 0.5) is 8.78 Å². The number of rotatable bonds is 4. The van der Waals surface area contributed by atoms with E-state index in [1.807, 2.05) is 19.1 Å². The molecule has 2 rings (SSSR count). The number of halogens is 3. The second-order valence-electron chi connectivity index (χ2n) is 4.71. The van der Waals surface area contributed by atoms with Crippen molar-refractivity contribution in [2.75, 3.05) is 14.2 Å². The topological polar surface area (TPSA) is 21.3 Å². The summed E-state index contributed by atoms with van der Waals surface area (Å²) in [5.41, 5.74) is 1.98. The van der Waals surface area contributed by atoms with Gasteiger partial charge in [0.25, 0.3) is 0 Å². The second kappa shape index (κ2) is 6.54. The van der Waals surface area contributed by atoms with Crippen molar-refractivity contribution >= 4 is 15.9 Å². The highest BCUT2D eigenvalue weighted by Crippen LogP contribution is 2.35. The second-order valence-corrected chi connectivity index (χ2v) is 5.56. The molecule has 0 aliphatic rings. The van der Waals surface area contributed by atoms with Crippen LogP contribution >= 0.6 is 15.9 Å². The fraction of sp³-hybridized carbons (Fsp3) is 0.250. The Kier molecular flexibility index (Phi) is 4.96. The Morgan fingerprint density at radius 1 is 1.19 bits per heavy atom. The van der Waals surface area contributed by atoms with E-state index in [0.29, 0.717) is 5.75 Å². The molecular formula is C16H16BrF2NO. The average molecular weight is 356 g/mol. The number of hydrogen-bond acceptors (Lipinski definition) is 2. The predicted octanol–water partition coefficient (Wildman–Crippen LogP) is 4.35. The van der Waals surface area contributed by atoms with Crippen molar-refractivity contribution < 1.29 is 13.5 Å². The molecule has 0 heterocycles. The molecule has 112 valence electrons. The molecule has 0 saturated carbocycles. The minimum absolute atomic E-state index is 0.242. The highest BCUT2D eigenvalue weighted by molar-refractivity contribution is 9.10. The van der Waals surface area contributed by atoms with Crippen LogP contribution in [0, 0.1) is 18.6 Å². The van der Waals surface area contributed by atoms with Crippen LogP contribution in [0.15, 0.2) is 34.8 Å². The van der Waals surface area contributed by atoms with Crippen molar-refractivity contribution in [3.8, 4) is 5.75 Å². The van der Waals surface area contributed by atoms with Gasteiger partial charge < -0.3 is 10.1 Å². The quantitative estimate of drug-likeness (QED) is 0.879. The summed E-state index contributed by atoms with van der Waals surface area (Å²) in [4.78, 5) is 0. The molecule has 2 aromatic carbocycles. The first-order valence-corrected chi connectivity index (χ1v) is 7.24. The molecule has 0 fully saturated rings. The lowest BCUT2D eigenvalue weighted by Crippen LogP contribution is -2.20. The Bertz CT molecular complexity index is 661. The Morgan fingerprint density at radius 3 is 2.52 bits per heavy atom. The van der Waals surface area contributed by atoms with Crippen molar-refractivity contribution in [3.63, 3.8) is 0 Å². The van der Waals surface area contributed by atoms with Crippen molar-refractivity contribution in [1.82, 2.24) is 5.32 Å². The molecule has 1 unspecified atom stereocenters. The lowest BCUT2D eigenvalue weighted by molar-refractivity contribution is 0.403. The van der Waals surface area contributed by atoms with Gasteiger partial charge in [-0.3, -0.25) is 0 Å². The first-order chi connectivity index (χ1) is 9.99. The van der Waals surface area contributed by atoms with E-state index in [0.717, 1.165) is 21.7 Å². The van der Waals surface area contributed by atoms with Gasteiger partial charge in [-0.1, -0.05) is 28.1 Å². The zero-order chi connectivity index (χ0) is 15.6. The van der Waals surface area contributed by atoms with Crippen molar-refractivity contribution in [3.05, 3.63) is 63.1 Å². The van der Waals surface area contributed by atoms with Gasteiger partial charge >= 0.3 is 0 Å². The van der Waals surface area contributed by atoms with Crippen LogP contribution in [0.25, 0.3) is 0 Å². The highest BCUT2D eigenvalue weighted by atomic mass is 79.9. The van der Waals surface area contributed by atoms with Gasteiger partial charge in [-0.25, -0.2) is 8.78 Å². The maximum atomic E-state index is 14.1. The first kappa shape index (κ1) is 15.9. The van der Waals surface area contributed by atoms with E-state index in [1.165, 1.54) is 6.07 Å². The van der Waals surface area contributed by atoms with Crippen LogP contribution < -0.4 is 10.1 Å². The van der Waals surface area contributed by atoms with E-state index in [9.17, 15) is 8.78 Å². The molecule has 21 heavy (non-hydrogen) atoms. The minimum Gasteiger partial charge on any atom is -0.496 e. The maximum absolute atomic E-state index is 14.1. The summed E-state index contributed by atoms with van der Waals surface area (Å²) in [7, 11) is 3.25. The number of aryl methyl sites for hydroxylation is 1. The molecule has 2 nitrogen and oxygen atoms in total. The van der Waals surface area contributed by atoms with Crippen LogP contribution in [0.2, 0.25) is 0 Å². The average Bonchev–Trinajstić information content (AvgIpc) is 2.47. The largest absolute Gasteiger partial charge is 0.496 e. The van der Waals surface area contributed by atoms with E-state index in [-0.39, 0.29) is 5.56 Å². The standard InChI is InChI=1S/C16H16BrF2NO/c1-9-7-14(21-3)11(8-12(9)17)16(20-2)10-5-4-6-13(18)15(10)19/h4-8,16,20H,1-3H3. The van der Waals surface area contributed by atoms with Crippen molar-refractivity contribution in [1.29, 1.82) is 0 Å². The van der Waals surface area contributed by atoms with Crippen LogP contribution in [-0.2, 0) is 0 Å². The summed E-state index contributed by atoms with van der Waals surface area (Å²) < 4.78 is 33.8. The number of hydrogen-bond donors (Lipinski definition) is 1. The van der Waals surface area contributed by atoms with Gasteiger partial charge in [0.2, 0.25) is 0 Å². The summed E-state index contributed by atoms with van der Waals surface area (Å²) in [5.74, 6) is -1.09. The van der Waals surface area contributed by atoms with Gasteiger partial charge in [-0.05, 0) is 37.7 Å². The molecule has 0 aliphatic carbocycles. The monoisotopic (exact) mass is 355 g/mol. The zero-order valence-corrected chi connectivity index (χ0v) is 13.6. The van der Waals surface area contributed by atoms with Crippen molar-refractivity contribution in [2.24, 2.45) is 0 Å². The van der Waals surface area contributed by atoms with Crippen LogP contribution in [0.1, 0.15) is 22.7 Å². The minimum atomic E-state index is -0.863. The fourth-order valence-corrected chi connectivity index (χ4v) is 2.66. The molecular weight excluding hydrogens is 340 g/mol. The van der Waals surface area contributed by atoms with Gasteiger partial charge in [0.15, 0.2) is 11.6 Å². The van der Waals surface area contributed by atoms with Gasteiger partial charge in [0, 0.05) is 15.6 Å². The Labute approximate surface area is 131 Å². The molecule has 2 aromatic rings. The third-order valence-electron chi connectivity index (χ3n) is 3.40. The molecule has 1 N–H and O–H groups in total. The zero-order valence-electron chi connectivity index (χ0n) is 12.0. The van der Waals surface area contributed by atoms with E-state index in [2.05, 4.69) is 21.2 Å². The van der Waals surface area contributed by atoms with Gasteiger partial charge in [-0.15, -0.1) is 0 Å². The Morgan fingerprint density at radius 2 is 1.90 bits per heavy atom. The SMILES string of the molecule is CNC(c1cc(Br)c(C)cc1OC)c1cccc(F)c1F. The lowest BCUT2D eigenvalue weighted by atomic mass is 9.96. The predicted molar refractivity (Wildman–Crippen MR) is 82.7 cm³/mol. The summed E-state index contributed by atoms with van der Waals surface area (Å²) in [6.07, 6.45) is 0. The van der Waals surface area contributed by atoms with E-state index in [4.69, 9.17) is 4.74 Å². The Balaban J connectivity index is 2.61. The van der Waals surface area contributed by atoms with Crippen LogP contribution in [0.3, 0.4) is 0 Å². The molecule has 0 radical (unpaired) electrons. The number of nitrogens with one attached hydrogen (secondary N) is 1. The summed E-state index contributed by atoms with van der Waals surface area (Å²) in [6, 6.07) is 7.38. The summed E-state index contributed by atoms with van der Waals surface area (Å²) in [5, 5.41) is 3.02. The van der Waals surface area contributed by atoms with Gasteiger partial charge in [-0.2, -0.15) is 0 Å². The smallest absolute Gasteiger partial charge is 0.163 e. The number of ether oxygens (including phenoxy) is 1. The van der Waals surface area contributed by atoms with Crippen LogP contribution in [-0.4, -0.2) is 14.2 Å². The van der Waals surface area contributed by atoms with Gasteiger partial charge in [0.05, 0.1) is 13.2 Å².